The minimum Gasteiger partial charge on any atom is -0.493 e. The molecule has 1 fully saturated rings. The van der Waals surface area contributed by atoms with Crippen LogP contribution >= 0.6 is 0 Å². The molecule has 1 N–H and O–H groups in total. The standard InChI is InChI=1S/C18H28N2O/c1-3-15-13-20(10-7-17(15)19-2)9-6-14-4-5-18-16(12-14)8-11-21-18/h4-5,12,15,17,19H,3,6-11,13H2,1-2H3. The molecule has 3 heteroatoms. The Morgan fingerprint density at radius 3 is 3.10 bits per heavy atom. The highest BCUT2D eigenvalue weighted by Gasteiger charge is 2.26. The van der Waals surface area contributed by atoms with Crippen LogP contribution in [0.4, 0.5) is 0 Å². The first-order valence-corrected chi connectivity index (χ1v) is 8.44. The molecule has 3 rings (SSSR count). The number of benzene rings is 1. The van der Waals surface area contributed by atoms with Crippen molar-refractivity contribution in [3.05, 3.63) is 29.3 Å². The van der Waals surface area contributed by atoms with E-state index in [2.05, 4.69) is 42.4 Å². The maximum atomic E-state index is 5.58. The van der Waals surface area contributed by atoms with Gasteiger partial charge in [0.2, 0.25) is 0 Å². The fourth-order valence-corrected chi connectivity index (χ4v) is 3.79. The minimum atomic E-state index is 0.711. The second-order valence-corrected chi connectivity index (χ2v) is 6.44. The zero-order chi connectivity index (χ0) is 14.7. The molecule has 0 radical (unpaired) electrons. The molecule has 2 aliphatic heterocycles. The molecule has 2 unspecified atom stereocenters. The maximum absolute atomic E-state index is 5.58. The zero-order valence-electron chi connectivity index (χ0n) is 13.4. The number of nitrogens with zero attached hydrogens (tertiary/aromatic N) is 1. The van der Waals surface area contributed by atoms with Crippen LogP contribution in [-0.4, -0.2) is 44.2 Å². The van der Waals surface area contributed by atoms with Crippen molar-refractivity contribution in [2.75, 3.05) is 33.3 Å². The van der Waals surface area contributed by atoms with E-state index in [0.29, 0.717) is 6.04 Å². The summed E-state index contributed by atoms with van der Waals surface area (Å²) in [6.45, 7) is 6.84. The van der Waals surface area contributed by atoms with Gasteiger partial charge < -0.3 is 15.0 Å². The van der Waals surface area contributed by atoms with Gasteiger partial charge in [0.15, 0.2) is 0 Å². The summed E-state index contributed by atoms with van der Waals surface area (Å²) in [4.78, 5) is 2.64. The number of fused-ring (bicyclic) bond motifs is 1. The Labute approximate surface area is 128 Å². The number of hydrogen-bond donors (Lipinski definition) is 1. The normalized spacial score (nSPS) is 25.6. The number of ether oxygens (including phenoxy) is 1. The monoisotopic (exact) mass is 288 g/mol. The van der Waals surface area contributed by atoms with E-state index in [1.807, 2.05) is 0 Å². The smallest absolute Gasteiger partial charge is 0.122 e. The van der Waals surface area contributed by atoms with Gasteiger partial charge in [-0.1, -0.05) is 25.5 Å². The summed E-state index contributed by atoms with van der Waals surface area (Å²) in [5, 5.41) is 3.49. The van der Waals surface area contributed by atoms with Crippen LogP contribution < -0.4 is 10.1 Å². The van der Waals surface area contributed by atoms with Gasteiger partial charge in [0.25, 0.3) is 0 Å². The van der Waals surface area contributed by atoms with Gasteiger partial charge >= 0.3 is 0 Å². The molecular formula is C18H28N2O. The highest BCUT2D eigenvalue weighted by molar-refractivity contribution is 5.39. The lowest BCUT2D eigenvalue weighted by atomic mass is 9.90. The first-order chi connectivity index (χ1) is 10.3. The molecule has 0 aromatic heterocycles. The molecule has 0 saturated carbocycles. The molecule has 1 aromatic carbocycles. The highest BCUT2D eigenvalue weighted by atomic mass is 16.5. The van der Waals surface area contributed by atoms with Gasteiger partial charge in [-0.2, -0.15) is 0 Å². The highest BCUT2D eigenvalue weighted by Crippen LogP contribution is 2.26. The Hall–Kier alpha value is -1.06. The van der Waals surface area contributed by atoms with Crippen molar-refractivity contribution in [2.45, 2.75) is 38.6 Å². The van der Waals surface area contributed by atoms with Crippen molar-refractivity contribution in [1.82, 2.24) is 10.2 Å². The third-order valence-corrected chi connectivity index (χ3v) is 5.18. The summed E-state index contributed by atoms with van der Waals surface area (Å²) in [7, 11) is 2.11. The quantitative estimate of drug-likeness (QED) is 0.901. The lowest BCUT2D eigenvalue weighted by Gasteiger charge is -2.38. The van der Waals surface area contributed by atoms with Crippen LogP contribution in [0.2, 0.25) is 0 Å². The van der Waals surface area contributed by atoms with Gasteiger partial charge in [-0.05, 0) is 49.5 Å². The number of hydrogen-bond acceptors (Lipinski definition) is 3. The van der Waals surface area contributed by atoms with Gasteiger partial charge in [0.1, 0.15) is 5.75 Å². The van der Waals surface area contributed by atoms with E-state index in [4.69, 9.17) is 4.74 Å². The van der Waals surface area contributed by atoms with E-state index in [9.17, 15) is 0 Å². The molecule has 3 nitrogen and oxygen atoms in total. The third-order valence-electron chi connectivity index (χ3n) is 5.18. The fourth-order valence-electron chi connectivity index (χ4n) is 3.79. The van der Waals surface area contributed by atoms with Crippen LogP contribution in [0.25, 0.3) is 0 Å². The van der Waals surface area contributed by atoms with Crippen molar-refractivity contribution in [3.8, 4) is 5.75 Å². The largest absolute Gasteiger partial charge is 0.493 e. The van der Waals surface area contributed by atoms with E-state index < -0.39 is 0 Å². The van der Waals surface area contributed by atoms with E-state index >= 15 is 0 Å². The molecule has 1 aromatic rings. The van der Waals surface area contributed by atoms with E-state index in [0.717, 1.165) is 31.1 Å². The summed E-state index contributed by atoms with van der Waals surface area (Å²) in [6.07, 6.45) is 4.80. The number of likely N-dealkylation sites (tertiary alicyclic amines) is 1. The summed E-state index contributed by atoms with van der Waals surface area (Å²) < 4.78 is 5.58. The Morgan fingerprint density at radius 2 is 2.29 bits per heavy atom. The topological polar surface area (TPSA) is 24.5 Å². The average molecular weight is 288 g/mol. The first kappa shape index (κ1) is 14.9. The molecule has 2 aliphatic rings. The predicted octanol–water partition coefficient (Wildman–Crippen LogP) is 2.48. The summed E-state index contributed by atoms with van der Waals surface area (Å²) >= 11 is 0. The Morgan fingerprint density at radius 1 is 1.38 bits per heavy atom. The lowest BCUT2D eigenvalue weighted by Crippen LogP contribution is -2.48. The summed E-state index contributed by atoms with van der Waals surface area (Å²) in [5.74, 6) is 1.90. The van der Waals surface area contributed by atoms with Crippen LogP contribution in [0.1, 0.15) is 30.9 Å². The second-order valence-electron chi connectivity index (χ2n) is 6.44. The molecule has 1 saturated heterocycles. The SMILES string of the molecule is CCC1CN(CCc2ccc3c(c2)CCO3)CCC1NC. The summed E-state index contributed by atoms with van der Waals surface area (Å²) in [6, 6.07) is 7.45. The van der Waals surface area contributed by atoms with E-state index in [-0.39, 0.29) is 0 Å². The van der Waals surface area contributed by atoms with Gasteiger partial charge in [0.05, 0.1) is 6.61 Å². The summed E-state index contributed by atoms with van der Waals surface area (Å²) in [5.41, 5.74) is 2.86. The third kappa shape index (κ3) is 3.41. The fraction of sp³-hybridized carbons (Fsp3) is 0.667. The Bertz CT molecular complexity index is 474. The first-order valence-electron chi connectivity index (χ1n) is 8.44. The van der Waals surface area contributed by atoms with Crippen molar-refractivity contribution in [3.63, 3.8) is 0 Å². The van der Waals surface area contributed by atoms with Crippen molar-refractivity contribution in [1.29, 1.82) is 0 Å². The van der Waals surface area contributed by atoms with Crippen LogP contribution in [0, 0.1) is 5.92 Å². The van der Waals surface area contributed by atoms with Crippen molar-refractivity contribution >= 4 is 0 Å². The molecule has 0 amide bonds. The van der Waals surface area contributed by atoms with Crippen LogP contribution in [-0.2, 0) is 12.8 Å². The maximum Gasteiger partial charge on any atom is 0.122 e. The van der Waals surface area contributed by atoms with Crippen molar-refractivity contribution in [2.24, 2.45) is 5.92 Å². The van der Waals surface area contributed by atoms with E-state index in [1.54, 1.807) is 0 Å². The zero-order valence-corrected chi connectivity index (χ0v) is 13.4. The molecule has 2 atom stereocenters. The molecule has 0 spiro atoms. The van der Waals surface area contributed by atoms with Crippen molar-refractivity contribution < 1.29 is 4.74 Å². The number of nitrogens with one attached hydrogen (secondary N) is 1. The van der Waals surface area contributed by atoms with Gasteiger partial charge in [0, 0.05) is 25.6 Å². The van der Waals surface area contributed by atoms with Crippen LogP contribution in [0.15, 0.2) is 18.2 Å². The molecule has 0 bridgehead atoms. The second kappa shape index (κ2) is 6.80. The molecule has 0 aliphatic carbocycles. The number of rotatable bonds is 5. The number of piperidine rings is 1. The lowest BCUT2D eigenvalue weighted by molar-refractivity contribution is 0.140. The van der Waals surface area contributed by atoms with Crippen LogP contribution in [0.3, 0.4) is 0 Å². The Balaban J connectivity index is 1.53. The van der Waals surface area contributed by atoms with Gasteiger partial charge in [-0.25, -0.2) is 0 Å². The Kier molecular flexibility index (Phi) is 4.81. The van der Waals surface area contributed by atoms with Gasteiger partial charge in [-0.15, -0.1) is 0 Å². The molecule has 21 heavy (non-hydrogen) atoms. The predicted molar refractivity (Wildman–Crippen MR) is 87.0 cm³/mol. The van der Waals surface area contributed by atoms with Crippen LogP contribution in [0.5, 0.6) is 5.75 Å². The van der Waals surface area contributed by atoms with Gasteiger partial charge in [-0.3, -0.25) is 0 Å². The molecular weight excluding hydrogens is 260 g/mol. The molecule has 2 heterocycles. The minimum absolute atomic E-state index is 0.711. The average Bonchev–Trinajstić information content (AvgIpc) is 3.00. The van der Waals surface area contributed by atoms with E-state index in [1.165, 1.54) is 43.6 Å². The molecule has 116 valence electrons.